The fourth-order valence-corrected chi connectivity index (χ4v) is 2.43. The molecule has 0 unspecified atom stereocenters. The van der Waals surface area contributed by atoms with Crippen molar-refractivity contribution in [1.29, 1.82) is 0 Å². The predicted octanol–water partition coefficient (Wildman–Crippen LogP) is 3.86. The van der Waals surface area contributed by atoms with E-state index in [0.29, 0.717) is 13.0 Å². The van der Waals surface area contributed by atoms with Crippen molar-refractivity contribution in [3.63, 3.8) is 0 Å². The van der Waals surface area contributed by atoms with E-state index in [0.717, 1.165) is 0 Å². The molecule has 0 aliphatic carbocycles. The molecule has 134 valence electrons. The second-order valence-corrected chi connectivity index (χ2v) is 5.77. The number of ether oxygens (including phenoxy) is 1. The van der Waals surface area contributed by atoms with Crippen LogP contribution in [0.4, 0.5) is 10.1 Å². The predicted molar refractivity (Wildman–Crippen MR) is 94.3 cm³/mol. The molecule has 0 radical (unpaired) electrons. The number of carbonyl (C=O) groups excluding carboxylic acids is 1. The molecule has 3 N–H and O–H groups in total. The summed E-state index contributed by atoms with van der Waals surface area (Å²) in [6.45, 7) is 2.20. The Bertz CT molecular complexity index is 803. The van der Waals surface area contributed by atoms with Crippen molar-refractivity contribution in [3.8, 4) is 17.0 Å². The van der Waals surface area contributed by atoms with Gasteiger partial charge < -0.3 is 10.5 Å². The smallest absolute Gasteiger partial charge is 0.295 e. The van der Waals surface area contributed by atoms with E-state index in [1.54, 1.807) is 0 Å². The largest absolute Gasteiger partial charge is 0.492 e. The number of pyridine rings is 1. The topological polar surface area (TPSA) is 86.5 Å². The van der Waals surface area contributed by atoms with Crippen molar-refractivity contribution in [2.75, 3.05) is 19.5 Å². The molecule has 0 saturated carbocycles. The summed E-state index contributed by atoms with van der Waals surface area (Å²) >= 11 is 11.9. The van der Waals surface area contributed by atoms with Gasteiger partial charge in [-0.3, -0.25) is 9.63 Å². The first-order valence-electron chi connectivity index (χ1n) is 7.31. The summed E-state index contributed by atoms with van der Waals surface area (Å²) in [6, 6.07) is 4.22. The maximum Gasteiger partial charge on any atom is 0.295 e. The maximum atomic E-state index is 14.6. The van der Waals surface area contributed by atoms with Crippen LogP contribution in [0.2, 0.25) is 10.0 Å². The number of halogens is 3. The molecule has 0 spiro atoms. The van der Waals surface area contributed by atoms with Crippen LogP contribution in [0, 0.1) is 5.82 Å². The highest BCUT2D eigenvalue weighted by molar-refractivity contribution is 6.36. The number of amides is 1. The lowest BCUT2D eigenvalue weighted by Crippen LogP contribution is -2.25. The van der Waals surface area contributed by atoms with Crippen LogP contribution in [0.15, 0.2) is 18.2 Å². The van der Waals surface area contributed by atoms with Gasteiger partial charge in [0, 0.05) is 5.56 Å². The van der Waals surface area contributed by atoms with Crippen LogP contribution in [0.3, 0.4) is 0 Å². The van der Waals surface area contributed by atoms with Gasteiger partial charge in [0.15, 0.2) is 17.3 Å². The van der Waals surface area contributed by atoms with Gasteiger partial charge in [-0.2, -0.15) is 0 Å². The molecule has 0 saturated heterocycles. The van der Waals surface area contributed by atoms with Crippen LogP contribution in [-0.2, 0) is 4.84 Å². The van der Waals surface area contributed by atoms with E-state index in [1.165, 1.54) is 25.3 Å². The number of aromatic nitrogens is 1. The Morgan fingerprint density at radius 2 is 2.12 bits per heavy atom. The van der Waals surface area contributed by atoms with E-state index >= 15 is 0 Å². The molecule has 2 aromatic rings. The summed E-state index contributed by atoms with van der Waals surface area (Å²) in [5.41, 5.74) is 8.10. The lowest BCUT2D eigenvalue weighted by molar-refractivity contribution is 0.0311. The van der Waals surface area contributed by atoms with Crippen LogP contribution in [0.1, 0.15) is 23.8 Å². The standard InChI is InChI=1S/C16H16Cl2FN3O3/c1-3-6-25-22-16(23)14-12(18)10(20)7-11(21-14)8-4-5-9(17)15(24-2)13(8)19/h4-5,7H,3,6H2,1-2H3,(H2,20,21)(H,22,23). The van der Waals surface area contributed by atoms with Crippen molar-refractivity contribution in [1.82, 2.24) is 10.5 Å². The zero-order valence-corrected chi connectivity index (χ0v) is 15.0. The first kappa shape index (κ1) is 19.2. The zero-order valence-electron chi connectivity index (χ0n) is 13.5. The van der Waals surface area contributed by atoms with Crippen LogP contribution in [0.5, 0.6) is 5.75 Å². The van der Waals surface area contributed by atoms with Crippen molar-refractivity contribution in [2.24, 2.45) is 0 Å². The van der Waals surface area contributed by atoms with Gasteiger partial charge in [0.05, 0.1) is 35.1 Å². The fraction of sp³-hybridized carbons (Fsp3) is 0.250. The number of nitrogens with two attached hydrogens (primary N) is 1. The van der Waals surface area contributed by atoms with E-state index < -0.39 is 11.7 Å². The maximum absolute atomic E-state index is 14.6. The minimum atomic E-state index is -0.724. The number of rotatable bonds is 6. The highest BCUT2D eigenvalue weighted by Gasteiger charge is 2.21. The number of nitrogens with one attached hydrogen (secondary N) is 1. The van der Waals surface area contributed by atoms with E-state index in [-0.39, 0.29) is 38.4 Å². The Kier molecular flexibility index (Phi) is 6.41. The highest BCUT2D eigenvalue weighted by Crippen LogP contribution is 2.36. The molecular weight excluding hydrogens is 372 g/mol. The second-order valence-electron chi connectivity index (χ2n) is 4.98. The number of methoxy groups -OCH3 is 1. The molecule has 1 aromatic carbocycles. The second kappa shape index (κ2) is 8.33. The number of hydroxylamine groups is 1. The average Bonchev–Trinajstić information content (AvgIpc) is 2.58. The van der Waals surface area contributed by atoms with Crippen LogP contribution in [0.25, 0.3) is 11.3 Å². The van der Waals surface area contributed by atoms with Gasteiger partial charge in [-0.25, -0.2) is 14.9 Å². The Balaban J connectivity index is 2.49. The first-order chi connectivity index (χ1) is 11.9. The van der Waals surface area contributed by atoms with Crippen molar-refractivity contribution >= 4 is 34.8 Å². The van der Waals surface area contributed by atoms with E-state index in [9.17, 15) is 9.18 Å². The molecule has 0 bridgehead atoms. The molecule has 25 heavy (non-hydrogen) atoms. The Morgan fingerprint density at radius 1 is 1.40 bits per heavy atom. The summed E-state index contributed by atoms with van der Waals surface area (Å²) in [7, 11) is 1.29. The number of nitrogen functional groups attached to an aromatic ring is 1. The van der Waals surface area contributed by atoms with Crippen LogP contribution >= 0.6 is 23.2 Å². The van der Waals surface area contributed by atoms with E-state index in [1.807, 2.05) is 6.92 Å². The normalized spacial score (nSPS) is 10.6. The first-order valence-corrected chi connectivity index (χ1v) is 8.06. The van der Waals surface area contributed by atoms with Gasteiger partial charge in [-0.15, -0.1) is 0 Å². The molecule has 1 heterocycles. The molecule has 9 heteroatoms. The number of hydrogen-bond donors (Lipinski definition) is 2. The van der Waals surface area contributed by atoms with Gasteiger partial charge in [0.25, 0.3) is 5.91 Å². The van der Waals surface area contributed by atoms with Crippen molar-refractivity contribution < 1.29 is 18.8 Å². The van der Waals surface area contributed by atoms with Gasteiger partial charge in [0.2, 0.25) is 0 Å². The van der Waals surface area contributed by atoms with Gasteiger partial charge in [-0.05, 0) is 24.6 Å². The molecule has 0 aliphatic rings. The Labute approximate surface area is 154 Å². The molecule has 2 rings (SSSR count). The van der Waals surface area contributed by atoms with E-state index in [2.05, 4.69) is 10.5 Å². The summed E-state index contributed by atoms with van der Waals surface area (Å²) in [5, 5.41) is 0.0549. The van der Waals surface area contributed by atoms with Gasteiger partial charge >= 0.3 is 0 Å². The lowest BCUT2D eigenvalue weighted by Gasteiger charge is -2.12. The summed E-state index contributed by atoms with van der Waals surface area (Å²) in [6.07, 6.45) is 0.708. The third kappa shape index (κ3) is 4.12. The number of hydrogen-bond acceptors (Lipinski definition) is 5. The van der Waals surface area contributed by atoms with Gasteiger partial charge in [-0.1, -0.05) is 30.1 Å². The Morgan fingerprint density at radius 3 is 2.76 bits per heavy atom. The SMILES string of the molecule is CCCONC(=O)c1nc(-c2ccc(Cl)c(OC)c2F)cc(N)c1Cl. The number of nitrogens with zero attached hydrogens (tertiary/aromatic N) is 1. The van der Waals surface area contributed by atoms with Crippen molar-refractivity contribution in [3.05, 3.63) is 39.8 Å². The summed E-state index contributed by atoms with van der Waals surface area (Å²) in [5.74, 6) is -1.54. The summed E-state index contributed by atoms with van der Waals surface area (Å²) < 4.78 is 19.5. The third-order valence-corrected chi connectivity index (χ3v) is 3.90. The molecule has 1 amide bonds. The molecule has 1 aromatic heterocycles. The minimum Gasteiger partial charge on any atom is -0.492 e. The van der Waals surface area contributed by atoms with Gasteiger partial charge in [0.1, 0.15) is 0 Å². The summed E-state index contributed by atoms with van der Waals surface area (Å²) in [4.78, 5) is 21.2. The fourth-order valence-electron chi connectivity index (χ4n) is 2.02. The lowest BCUT2D eigenvalue weighted by atomic mass is 10.1. The zero-order chi connectivity index (χ0) is 18.6. The van der Waals surface area contributed by atoms with Crippen LogP contribution < -0.4 is 16.0 Å². The molecule has 0 atom stereocenters. The number of carbonyl (C=O) groups is 1. The Hall–Kier alpha value is -2.09. The van der Waals surface area contributed by atoms with E-state index in [4.69, 9.17) is 38.5 Å². The molecule has 0 fully saturated rings. The number of anilines is 1. The average molecular weight is 388 g/mol. The van der Waals surface area contributed by atoms with Crippen molar-refractivity contribution in [2.45, 2.75) is 13.3 Å². The monoisotopic (exact) mass is 387 g/mol. The number of benzene rings is 1. The molecule has 6 nitrogen and oxygen atoms in total. The van der Waals surface area contributed by atoms with Crippen LogP contribution in [-0.4, -0.2) is 24.6 Å². The molecular formula is C16H16Cl2FN3O3. The molecule has 0 aliphatic heterocycles. The quantitative estimate of drug-likeness (QED) is 0.580. The third-order valence-electron chi connectivity index (χ3n) is 3.20. The highest BCUT2D eigenvalue weighted by atomic mass is 35.5. The minimum absolute atomic E-state index is 0.0531.